The number of benzene rings is 8. The fourth-order valence-electron chi connectivity index (χ4n) is 6.46. The molecule has 0 atom stereocenters. The maximum atomic E-state index is 14.3. The van der Waals surface area contributed by atoms with Gasteiger partial charge in [0.25, 0.3) is 0 Å². The van der Waals surface area contributed by atoms with E-state index in [9.17, 15) is 57.5 Å². The van der Waals surface area contributed by atoms with Crippen LogP contribution in [0.2, 0.25) is 0 Å². The molecule has 0 spiro atoms. The van der Waals surface area contributed by atoms with Crippen LogP contribution in [-0.2, 0) is 26.1 Å². The third-order valence-corrected chi connectivity index (χ3v) is 10.9. The number of aryl methyl sites for hydroxylation is 2. The molecular weight excluding hydrogens is 1100 g/mol. The van der Waals surface area contributed by atoms with Gasteiger partial charge in [-0.25, -0.2) is 52.7 Å². The third-order valence-electron chi connectivity index (χ3n) is 10.4. The van der Waals surface area contributed by atoms with E-state index >= 15 is 0 Å². The number of ether oxygens (including phenoxy) is 1. The normalized spacial score (nSPS) is 9.94. The minimum Gasteiger partial charge on any atom is -1.00 e. The Morgan fingerprint density at radius 1 is 0.442 bits per heavy atom. The van der Waals surface area contributed by atoms with Gasteiger partial charge in [0.15, 0.2) is 63.9 Å². The van der Waals surface area contributed by atoms with E-state index in [4.69, 9.17) is 9.84 Å². The average Bonchev–Trinajstić information content (AvgIpc) is 3.38. The van der Waals surface area contributed by atoms with Crippen LogP contribution in [0.25, 0.3) is 22.3 Å². The van der Waals surface area contributed by atoms with Crippen molar-refractivity contribution in [3.05, 3.63) is 253 Å². The maximum absolute atomic E-state index is 14.3. The van der Waals surface area contributed by atoms with Crippen molar-refractivity contribution in [3.8, 4) is 28.0 Å². The first-order valence-corrected chi connectivity index (χ1v) is 23.3. The van der Waals surface area contributed by atoms with E-state index in [0.29, 0.717) is 33.0 Å². The minimum atomic E-state index is -1.04. The first-order chi connectivity index (χ1) is 35.3. The first kappa shape index (κ1) is 69.0. The molecule has 0 aliphatic carbocycles. The molecule has 0 amide bonds. The number of aldehydes is 1. The van der Waals surface area contributed by atoms with Gasteiger partial charge in [0, 0.05) is 32.4 Å². The number of aliphatic hydroxyl groups is 1. The van der Waals surface area contributed by atoms with Gasteiger partial charge in [-0.3, -0.25) is 4.79 Å². The Hall–Kier alpha value is -6.04. The number of hydrogen-bond donors (Lipinski definition) is 1. The molecular formula is C58H48B2BrF12NaO3. The van der Waals surface area contributed by atoms with E-state index < -0.39 is 75.6 Å². The van der Waals surface area contributed by atoms with Crippen LogP contribution >= 0.6 is 15.9 Å². The van der Waals surface area contributed by atoms with E-state index in [1.54, 1.807) is 0 Å². The molecule has 0 bridgehead atoms. The topological polar surface area (TPSA) is 46.5 Å². The predicted molar refractivity (Wildman–Crippen MR) is 278 cm³/mol. The SMILES string of the molecule is CCCc1ccc(-c2cc(F)c(C)c(F)c2)cc1.CCCc1ccc(-c2cc(F)c(OCc3ccc(F)c(F)c3)c(F)c2)cc1.Fc1ccc(Br)cc1F.O=Cc1ccc(F)c(F)c1.OCc1ccc(F)c(F)c1.[B].[B].[H-].[Na+]. The molecule has 1 N–H and O–H groups in total. The van der Waals surface area contributed by atoms with E-state index in [2.05, 4.69) is 29.8 Å². The second-order valence-corrected chi connectivity index (χ2v) is 16.9. The maximum Gasteiger partial charge on any atom is 1.00 e. The molecule has 0 saturated heterocycles. The number of halogens is 13. The average molecular weight is 1150 g/mol. The number of carbonyl (C=O) groups is 1. The molecule has 0 unspecified atom stereocenters. The molecule has 6 radical (unpaired) electrons. The predicted octanol–water partition coefficient (Wildman–Crippen LogP) is 13.7. The van der Waals surface area contributed by atoms with Gasteiger partial charge in [-0.1, -0.05) is 103 Å². The second-order valence-electron chi connectivity index (χ2n) is 16.0. The van der Waals surface area contributed by atoms with Crippen LogP contribution in [0.1, 0.15) is 66.3 Å². The zero-order valence-electron chi connectivity index (χ0n) is 43.0. The second kappa shape index (κ2) is 34.7. The molecule has 396 valence electrons. The van der Waals surface area contributed by atoms with Crippen LogP contribution in [0.5, 0.6) is 5.75 Å². The van der Waals surface area contributed by atoms with Crippen LogP contribution in [-0.4, -0.2) is 28.2 Å². The summed E-state index contributed by atoms with van der Waals surface area (Å²) >= 11 is 2.99. The fourth-order valence-corrected chi connectivity index (χ4v) is 6.79. The van der Waals surface area contributed by atoms with E-state index in [0.717, 1.165) is 85.3 Å². The molecule has 8 aromatic carbocycles. The number of rotatable bonds is 11. The van der Waals surface area contributed by atoms with Crippen LogP contribution < -0.4 is 34.3 Å². The molecule has 8 rings (SSSR count). The van der Waals surface area contributed by atoms with Gasteiger partial charge in [0.2, 0.25) is 0 Å². The van der Waals surface area contributed by atoms with Crippen LogP contribution in [0, 0.1) is 76.7 Å². The Morgan fingerprint density at radius 2 is 0.805 bits per heavy atom. The molecule has 0 fully saturated rings. The molecule has 19 heteroatoms. The molecule has 0 aliphatic rings. The summed E-state index contributed by atoms with van der Waals surface area (Å²) < 4.78 is 161. The standard InChI is InChI=1S/C22H18F4O.C16H16F2.C7H6F2O.C7H4F2O.C6H3BrF2.2B.Na.H/c1-2-3-14-4-7-16(8-5-14)17-11-20(25)22(21(26)12-17)27-13-15-6-9-18(23)19(24)10-15;1-3-4-12-5-7-13(8-6-12)14-9-15(17)11(2)16(18)10-14;2*8-6-2-1-5(4-10)3-7(6)9;7-4-1-2-5(8)6(9)3-4;;;;/h4-12H,2-3,13H2,1H3;5-10H,3-4H2,1-2H3;1-3,10H,4H2;1-4H;1-3H;;;;/q;;;;;;;+1;-1. The summed E-state index contributed by atoms with van der Waals surface area (Å²) in [6, 6.07) is 33.5. The van der Waals surface area contributed by atoms with Gasteiger partial charge in [-0.15, -0.1) is 0 Å². The van der Waals surface area contributed by atoms with Crippen molar-refractivity contribution in [3.63, 3.8) is 0 Å². The Kier molecular flexibility index (Phi) is 31.1. The zero-order valence-corrected chi connectivity index (χ0v) is 45.6. The summed E-state index contributed by atoms with van der Waals surface area (Å²) in [7, 11) is 0. The van der Waals surface area contributed by atoms with Crippen LogP contribution in [0.3, 0.4) is 0 Å². The molecule has 0 aromatic heterocycles. The Balaban J connectivity index is 0.00000101. The fraction of sp³-hybridized carbons (Fsp3) is 0.155. The monoisotopic (exact) mass is 1140 g/mol. The zero-order chi connectivity index (χ0) is 54.5. The summed E-state index contributed by atoms with van der Waals surface area (Å²) in [4.78, 5) is 9.98. The van der Waals surface area contributed by atoms with Crippen LogP contribution in [0.15, 0.2) is 150 Å². The van der Waals surface area contributed by atoms with Crippen molar-refractivity contribution in [2.24, 2.45) is 0 Å². The van der Waals surface area contributed by atoms with Gasteiger partial charge in [0.05, 0.1) is 6.61 Å². The largest absolute Gasteiger partial charge is 1.00 e. The van der Waals surface area contributed by atoms with Crippen LogP contribution in [0.4, 0.5) is 52.7 Å². The summed E-state index contributed by atoms with van der Waals surface area (Å²) in [6.45, 7) is 5.10. The quantitative estimate of drug-likeness (QED) is 0.0608. The Labute approximate surface area is 475 Å². The van der Waals surface area contributed by atoms with Gasteiger partial charge < -0.3 is 11.3 Å². The summed E-state index contributed by atoms with van der Waals surface area (Å²) in [6.07, 6.45) is 4.54. The van der Waals surface area contributed by atoms with E-state index in [1.165, 1.54) is 61.0 Å². The minimum absolute atomic E-state index is 0. The van der Waals surface area contributed by atoms with Gasteiger partial charge in [-0.2, -0.15) is 0 Å². The number of hydrogen-bond acceptors (Lipinski definition) is 3. The first-order valence-electron chi connectivity index (χ1n) is 22.5. The van der Waals surface area contributed by atoms with Crippen molar-refractivity contribution in [1.82, 2.24) is 0 Å². The summed E-state index contributed by atoms with van der Waals surface area (Å²) in [5.74, 6) is -10.7. The van der Waals surface area contributed by atoms with Crippen molar-refractivity contribution >= 4 is 39.0 Å². The van der Waals surface area contributed by atoms with E-state index in [1.807, 2.05) is 48.5 Å². The number of carbonyl (C=O) groups excluding carboxylic acids is 1. The summed E-state index contributed by atoms with van der Waals surface area (Å²) in [5, 5.41) is 8.46. The molecule has 0 heterocycles. The molecule has 8 aromatic rings. The molecule has 77 heavy (non-hydrogen) atoms. The Bertz CT molecular complexity index is 3080. The summed E-state index contributed by atoms with van der Waals surface area (Å²) in [5.41, 5.74) is 5.77. The van der Waals surface area contributed by atoms with Crippen molar-refractivity contribution < 1.29 is 98.3 Å². The van der Waals surface area contributed by atoms with Crippen molar-refractivity contribution in [2.45, 2.75) is 59.7 Å². The van der Waals surface area contributed by atoms with Crippen molar-refractivity contribution in [1.29, 1.82) is 0 Å². The van der Waals surface area contributed by atoms with Gasteiger partial charge >= 0.3 is 29.6 Å². The molecule has 3 nitrogen and oxygen atoms in total. The Morgan fingerprint density at radius 3 is 1.18 bits per heavy atom. The molecule has 0 aliphatic heterocycles. The van der Waals surface area contributed by atoms with Gasteiger partial charge in [-0.05, 0) is 149 Å². The van der Waals surface area contributed by atoms with Gasteiger partial charge in [0.1, 0.15) is 24.5 Å². The molecule has 0 saturated carbocycles. The van der Waals surface area contributed by atoms with Crippen molar-refractivity contribution in [2.75, 3.05) is 0 Å². The van der Waals surface area contributed by atoms with E-state index in [-0.39, 0.29) is 77.7 Å². The smallest absolute Gasteiger partial charge is 1.00 e. The third kappa shape index (κ3) is 22.1. The number of aliphatic hydroxyl groups excluding tert-OH is 1.